The van der Waals surface area contributed by atoms with Crippen molar-refractivity contribution >= 4 is 5.97 Å². The summed E-state index contributed by atoms with van der Waals surface area (Å²) in [7, 11) is 1.62. The molecule has 0 radical (unpaired) electrons. The van der Waals surface area contributed by atoms with E-state index in [9.17, 15) is 4.79 Å². The van der Waals surface area contributed by atoms with Crippen molar-refractivity contribution < 1.29 is 18.8 Å². The molecule has 4 bridgehead atoms. The quantitative estimate of drug-likeness (QED) is 0.746. The van der Waals surface area contributed by atoms with E-state index in [1.165, 1.54) is 32.1 Å². The van der Waals surface area contributed by atoms with Gasteiger partial charge in [-0.05, 0) is 67.9 Å². The maximum Gasteiger partial charge on any atom is 0.310 e. The molecule has 6 nitrogen and oxygen atoms in total. The van der Waals surface area contributed by atoms with E-state index in [1.54, 1.807) is 7.11 Å². The number of hydrogen-bond donors (Lipinski definition) is 0. The first-order valence-corrected chi connectivity index (χ1v) is 9.83. The topological polar surface area (TPSA) is 74.5 Å². The lowest BCUT2D eigenvalue weighted by atomic mass is 9.52. The molecular formula is C21H24N2O4. The van der Waals surface area contributed by atoms with Gasteiger partial charge in [0.05, 0.1) is 13.0 Å². The molecule has 0 amide bonds. The molecule has 4 aliphatic carbocycles. The van der Waals surface area contributed by atoms with Crippen molar-refractivity contribution in [3.05, 3.63) is 30.2 Å². The van der Waals surface area contributed by atoms with Gasteiger partial charge in [-0.25, -0.2) is 0 Å². The van der Waals surface area contributed by atoms with Crippen LogP contribution in [0.4, 0.5) is 0 Å². The summed E-state index contributed by atoms with van der Waals surface area (Å²) in [4.78, 5) is 17.1. The van der Waals surface area contributed by atoms with Crippen LogP contribution in [0.5, 0.6) is 5.75 Å². The molecular weight excluding hydrogens is 344 g/mol. The monoisotopic (exact) mass is 368 g/mol. The zero-order chi connectivity index (χ0) is 18.4. The highest BCUT2D eigenvalue weighted by atomic mass is 16.6. The van der Waals surface area contributed by atoms with Crippen LogP contribution in [0, 0.1) is 29.6 Å². The molecule has 27 heavy (non-hydrogen) atoms. The molecule has 4 aliphatic rings. The minimum absolute atomic E-state index is 0.0403. The number of esters is 1. The summed E-state index contributed by atoms with van der Waals surface area (Å²) in [5.41, 5.74) is 0.803. The number of carbonyl (C=O) groups excluding carboxylic acids is 1. The van der Waals surface area contributed by atoms with Gasteiger partial charge in [0.15, 0.2) is 6.61 Å². The van der Waals surface area contributed by atoms with Crippen LogP contribution in [0.1, 0.15) is 38.0 Å². The molecule has 0 N–H and O–H groups in total. The normalized spacial score (nSPS) is 31.1. The Labute approximate surface area is 158 Å². The molecule has 0 aliphatic heterocycles. The lowest BCUT2D eigenvalue weighted by Crippen LogP contribution is -2.48. The van der Waals surface area contributed by atoms with E-state index in [-0.39, 0.29) is 18.5 Å². The Morgan fingerprint density at radius 2 is 1.89 bits per heavy atom. The van der Waals surface area contributed by atoms with Gasteiger partial charge in [-0.3, -0.25) is 4.79 Å². The fourth-order valence-corrected chi connectivity index (χ4v) is 5.73. The molecule has 2 aromatic rings. The van der Waals surface area contributed by atoms with Gasteiger partial charge < -0.3 is 14.0 Å². The third-order valence-electron chi connectivity index (χ3n) is 6.63. The molecule has 1 heterocycles. The van der Waals surface area contributed by atoms with E-state index in [4.69, 9.17) is 14.0 Å². The number of nitrogens with zero attached hydrogens (tertiary/aromatic N) is 2. The second-order valence-electron chi connectivity index (χ2n) is 8.31. The van der Waals surface area contributed by atoms with Crippen LogP contribution in [-0.4, -0.2) is 23.2 Å². The van der Waals surface area contributed by atoms with Crippen molar-refractivity contribution in [1.82, 2.24) is 10.1 Å². The molecule has 142 valence electrons. The van der Waals surface area contributed by atoms with Crippen LogP contribution < -0.4 is 4.74 Å². The number of hydrogen-bond acceptors (Lipinski definition) is 6. The van der Waals surface area contributed by atoms with Gasteiger partial charge in [-0.2, -0.15) is 4.98 Å². The lowest BCUT2D eigenvalue weighted by molar-refractivity contribution is -0.164. The molecule has 6 heteroatoms. The van der Waals surface area contributed by atoms with Crippen LogP contribution in [0.15, 0.2) is 28.8 Å². The number of carbonyl (C=O) groups is 1. The van der Waals surface area contributed by atoms with E-state index in [0.717, 1.165) is 23.1 Å². The van der Waals surface area contributed by atoms with Gasteiger partial charge in [-0.1, -0.05) is 17.3 Å². The molecule has 1 aromatic heterocycles. The van der Waals surface area contributed by atoms with Crippen molar-refractivity contribution in [2.24, 2.45) is 29.6 Å². The Morgan fingerprint density at radius 1 is 1.15 bits per heavy atom. The van der Waals surface area contributed by atoms with Crippen molar-refractivity contribution in [1.29, 1.82) is 0 Å². The maximum atomic E-state index is 12.7. The van der Waals surface area contributed by atoms with Gasteiger partial charge in [0.2, 0.25) is 5.82 Å². The molecule has 0 saturated heterocycles. The highest BCUT2D eigenvalue weighted by Crippen LogP contribution is 2.56. The Kier molecular flexibility index (Phi) is 4.14. The Balaban J connectivity index is 1.23. The van der Waals surface area contributed by atoms with Gasteiger partial charge >= 0.3 is 5.97 Å². The summed E-state index contributed by atoms with van der Waals surface area (Å²) >= 11 is 0. The van der Waals surface area contributed by atoms with E-state index in [1.807, 2.05) is 24.3 Å². The Hall–Kier alpha value is -2.37. The van der Waals surface area contributed by atoms with Crippen molar-refractivity contribution in [2.45, 2.75) is 38.7 Å². The summed E-state index contributed by atoms with van der Waals surface area (Å²) in [6.45, 7) is 0.0403. The summed E-state index contributed by atoms with van der Waals surface area (Å²) in [6.07, 6.45) is 6.19. The van der Waals surface area contributed by atoms with E-state index in [2.05, 4.69) is 10.1 Å². The number of benzene rings is 1. The first kappa shape index (κ1) is 16.8. The molecule has 0 unspecified atom stereocenters. The predicted octanol–water partition coefficient (Wildman–Crippen LogP) is 3.86. The fraction of sp³-hybridized carbons (Fsp3) is 0.571. The van der Waals surface area contributed by atoms with Gasteiger partial charge in [0, 0.05) is 5.56 Å². The summed E-state index contributed by atoms with van der Waals surface area (Å²) < 4.78 is 16.1. The third kappa shape index (κ3) is 3.11. The minimum atomic E-state index is -0.0788. The Bertz CT molecular complexity index is 818. The maximum absolute atomic E-state index is 12.7. The zero-order valence-corrected chi connectivity index (χ0v) is 15.5. The largest absolute Gasteiger partial charge is 0.497 e. The van der Waals surface area contributed by atoms with Crippen LogP contribution in [0.3, 0.4) is 0 Å². The van der Waals surface area contributed by atoms with Gasteiger partial charge in [-0.15, -0.1) is 0 Å². The number of rotatable bonds is 5. The van der Waals surface area contributed by atoms with Crippen LogP contribution >= 0.6 is 0 Å². The van der Waals surface area contributed by atoms with Gasteiger partial charge in [0.25, 0.3) is 5.89 Å². The number of ether oxygens (including phenoxy) is 2. The van der Waals surface area contributed by atoms with Gasteiger partial charge in [0.1, 0.15) is 5.75 Å². The minimum Gasteiger partial charge on any atom is -0.497 e. The van der Waals surface area contributed by atoms with Crippen molar-refractivity contribution in [3.8, 4) is 17.1 Å². The standard InChI is InChI=1S/C21H24N2O4/c1-25-17-4-2-3-14(10-17)20-22-18(27-23-20)11-26-21(24)19-15-6-12-5-13(8-15)9-16(19)7-12/h2-4,10,12-13,15-16,19H,5-9,11H2,1H3. The first-order valence-electron chi connectivity index (χ1n) is 9.83. The average Bonchev–Trinajstić information content (AvgIpc) is 3.15. The number of methoxy groups -OCH3 is 1. The molecule has 4 fully saturated rings. The van der Waals surface area contributed by atoms with E-state index in [0.29, 0.717) is 23.6 Å². The van der Waals surface area contributed by atoms with Crippen molar-refractivity contribution in [3.63, 3.8) is 0 Å². The van der Waals surface area contributed by atoms with Crippen LogP contribution in [-0.2, 0) is 16.1 Å². The average molecular weight is 368 g/mol. The SMILES string of the molecule is COc1cccc(-c2noc(COC(=O)C3C4CC5CC(C4)CC3C5)n2)c1. The van der Waals surface area contributed by atoms with Crippen molar-refractivity contribution in [2.75, 3.05) is 7.11 Å². The van der Waals surface area contributed by atoms with Crippen LogP contribution in [0.2, 0.25) is 0 Å². The zero-order valence-electron chi connectivity index (χ0n) is 15.5. The fourth-order valence-electron chi connectivity index (χ4n) is 5.73. The smallest absolute Gasteiger partial charge is 0.310 e. The summed E-state index contributed by atoms with van der Waals surface area (Å²) in [5.74, 6) is 4.23. The highest BCUT2D eigenvalue weighted by Gasteiger charge is 2.51. The molecule has 0 spiro atoms. The molecule has 1 aromatic carbocycles. The predicted molar refractivity (Wildman–Crippen MR) is 96.6 cm³/mol. The Morgan fingerprint density at radius 3 is 2.59 bits per heavy atom. The number of aromatic nitrogens is 2. The molecule has 6 rings (SSSR count). The first-order chi connectivity index (χ1) is 13.2. The second-order valence-corrected chi connectivity index (χ2v) is 8.31. The van der Waals surface area contributed by atoms with Crippen LogP contribution in [0.25, 0.3) is 11.4 Å². The lowest BCUT2D eigenvalue weighted by Gasteiger charge is -2.53. The molecule has 0 atom stereocenters. The summed E-state index contributed by atoms with van der Waals surface area (Å²) in [6, 6.07) is 7.46. The summed E-state index contributed by atoms with van der Waals surface area (Å²) in [5, 5.41) is 3.99. The molecule has 4 saturated carbocycles. The second kappa shape index (κ2) is 6.66. The van der Waals surface area contributed by atoms with E-state index >= 15 is 0 Å². The highest BCUT2D eigenvalue weighted by molar-refractivity contribution is 5.73. The third-order valence-corrected chi connectivity index (χ3v) is 6.63. The van der Waals surface area contributed by atoms with E-state index < -0.39 is 0 Å².